The summed E-state index contributed by atoms with van der Waals surface area (Å²) >= 11 is 1.45. The Morgan fingerprint density at radius 3 is 2.27 bits per heavy atom. The molecule has 4 rings (SSSR count). The van der Waals surface area contributed by atoms with Crippen LogP contribution in [-0.2, 0) is 9.59 Å². The van der Waals surface area contributed by atoms with Crippen LogP contribution in [0.5, 0.6) is 0 Å². The second-order valence-corrected chi connectivity index (χ2v) is 8.40. The number of anilines is 3. The fraction of sp³-hybridized carbons (Fsp3) is 0.167. The molecule has 1 aliphatic heterocycles. The van der Waals surface area contributed by atoms with Gasteiger partial charge in [0.25, 0.3) is 11.8 Å². The molecule has 1 aliphatic rings. The number of imide groups is 1. The van der Waals surface area contributed by atoms with Crippen molar-refractivity contribution < 1.29 is 9.59 Å². The molecule has 152 valence electrons. The van der Waals surface area contributed by atoms with Crippen molar-refractivity contribution in [1.82, 2.24) is 0 Å². The van der Waals surface area contributed by atoms with Gasteiger partial charge in [0.15, 0.2) is 0 Å². The Labute approximate surface area is 180 Å². The topological polar surface area (TPSA) is 52.7 Å². The van der Waals surface area contributed by atoms with Crippen molar-refractivity contribution in [3.63, 3.8) is 0 Å². The summed E-state index contributed by atoms with van der Waals surface area (Å²) in [6, 6.07) is 17.0. The van der Waals surface area contributed by atoms with Crippen LogP contribution >= 0.6 is 11.3 Å². The van der Waals surface area contributed by atoms with Gasteiger partial charge in [0.2, 0.25) is 0 Å². The Morgan fingerprint density at radius 1 is 0.900 bits per heavy atom. The minimum absolute atomic E-state index is 0.312. The molecule has 0 saturated carbocycles. The zero-order valence-corrected chi connectivity index (χ0v) is 18.2. The number of benzene rings is 2. The van der Waals surface area contributed by atoms with Crippen LogP contribution in [0.2, 0.25) is 0 Å². The summed E-state index contributed by atoms with van der Waals surface area (Å²) in [5.41, 5.74) is 5.27. The summed E-state index contributed by atoms with van der Waals surface area (Å²) in [5.74, 6) is -0.658. The molecule has 0 fully saturated rings. The van der Waals surface area contributed by atoms with Gasteiger partial charge in [-0.1, -0.05) is 18.2 Å². The summed E-state index contributed by atoms with van der Waals surface area (Å²) in [6.07, 6.45) is 0. The van der Waals surface area contributed by atoms with E-state index in [-0.39, 0.29) is 11.8 Å². The molecule has 0 aliphatic carbocycles. The highest BCUT2D eigenvalue weighted by Gasteiger charge is 2.40. The molecule has 2 aromatic carbocycles. The fourth-order valence-corrected chi connectivity index (χ4v) is 4.22. The zero-order valence-electron chi connectivity index (χ0n) is 17.4. The van der Waals surface area contributed by atoms with Crippen molar-refractivity contribution in [2.24, 2.45) is 0 Å². The van der Waals surface area contributed by atoms with Gasteiger partial charge in [-0.25, -0.2) is 4.90 Å². The average Bonchev–Trinajstić information content (AvgIpc) is 3.32. The molecule has 2 heterocycles. The van der Waals surface area contributed by atoms with E-state index in [0.717, 1.165) is 27.4 Å². The smallest absolute Gasteiger partial charge is 0.282 e. The molecule has 6 heteroatoms. The van der Waals surface area contributed by atoms with Gasteiger partial charge in [-0.3, -0.25) is 9.59 Å². The van der Waals surface area contributed by atoms with Crippen LogP contribution in [0.15, 0.2) is 65.7 Å². The van der Waals surface area contributed by atoms with Crippen LogP contribution in [0, 0.1) is 13.8 Å². The summed E-state index contributed by atoms with van der Waals surface area (Å²) in [4.78, 5) is 30.8. The van der Waals surface area contributed by atoms with Gasteiger partial charge in [-0.15, -0.1) is 11.3 Å². The second-order valence-electron chi connectivity index (χ2n) is 7.46. The zero-order chi connectivity index (χ0) is 21.4. The highest BCUT2D eigenvalue weighted by atomic mass is 32.1. The predicted molar refractivity (Wildman–Crippen MR) is 124 cm³/mol. The van der Waals surface area contributed by atoms with Gasteiger partial charge in [0.1, 0.15) is 5.70 Å². The number of aryl methyl sites for hydroxylation is 1. The molecule has 0 atom stereocenters. The van der Waals surface area contributed by atoms with Crippen molar-refractivity contribution in [2.75, 3.05) is 29.2 Å². The molecule has 2 amide bonds. The molecule has 1 N–H and O–H groups in total. The monoisotopic (exact) mass is 417 g/mol. The van der Waals surface area contributed by atoms with Gasteiger partial charge >= 0.3 is 0 Å². The van der Waals surface area contributed by atoms with Crippen LogP contribution < -0.4 is 15.1 Å². The molecule has 0 spiro atoms. The number of carbonyl (C=O) groups is 2. The second kappa shape index (κ2) is 7.80. The molecule has 3 aromatic rings. The van der Waals surface area contributed by atoms with Gasteiger partial charge in [-0.05, 0) is 66.8 Å². The first-order chi connectivity index (χ1) is 14.4. The minimum atomic E-state index is -0.345. The van der Waals surface area contributed by atoms with Crippen molar-refractivity contribution in [3.8, 4) is 0 Å². The predicted octanol–water partition coefficient (Wildman–Crippen LogP) is 4.83. The molecule has 0 bridgehead atoms. The first kappa shape index (κ1) is 19.9. The van der Waals surface area contributed by atoms with Gasteiger partial charge in [0.05, 0.1) is 11.3 Å². The van der Waals surface area contributed by atoms with Crippen LogP contribution in [0.1, 0.15) is 16.0 Å². The van der Waals surface area contributed by atoms with Crippen molar-refractivity contribution in [1.29, 1.82) is 0 Å². The summed E-state index contributed by atoms with van der Waals surface area (Å²) < 4.78 is 0. The van der Waals surface area contributed by atoms with E-state index in [4.69, 9.17) is 0 Å². The lowest BCUT2D eigenvalue weighted by Crippen LogP contribution is -2.32. The van der Waals surface area contributed by atoms with E-state index < -0.39 is 0 Å². The highest BCUT2D eigenvalue weighted by Crippen LogP contribution is 2.36. The number of carbonyl (C=O) groups excluding carboxylic acids is 2. The van der Waals surface area contributed by atoms with Crippen LogP contribution in [-0.4, -0.2) is 25.9 Å². The van der Waals surface area contributed by atoms with Crippen molar-refractivity contribution >= 4 is 45.8 Å². The number of nitrogens with one attached hydrogen (secondary N) is 1. The molecular weight excluding hydrogens is 394 g/mol. The largest absolute Gasteiger partial charge is 0.378 e. The van der Waals surface area contributed by atoms with Crippen LogP contribution in [0.4, 0.5) is 17.1 Å². The van der Waals surface area contributed by atoms with Crippen LogP contribution in [0.3, 0.4) is 0 Å². The first-order valence-corrected chi connectivity index (χ1v) is 10.5. The Bertz CT molecular complexity index is 1150. The maximum atomic E-state index is 13.4. The number of thiophene rings is 1. The summed E-state index contributed by atoms with van der Waals surface area (Å²) in [7, 11) is 3.90. The fourth-order valence-electron chi connectivity index (χ4n) is 3.45. The number of rotatable bonds is 5. The molecule has 0 radical (unpaired) electrons. The number of hydrogen-bond donors (Lipinski definition) is 1. The van der Waals surface area contributed by atoms with E-state index in [0.29, 0.717) is 17.0 Å². The maximum Gasteiger partial charge on any atom is 0.282 e. The van der Waals surface area contributed by atoms with Crippen molar-refractivity contribution in [2.45, 2.75) is 13.8 Å². The number of nitrogens with zero attached hydrogens (tertiary/aromatic N) is 2. The minimum Gasteiger partial charge on any atom is -0.378 e. The molecule has 5 nitrogen and oxygen atoms in total. The van der Waals surface area contributed by atoms with Gasteiger partial charge in [0, 0.05) is 30.3 Å². The third-order valence-electron chi connectivity index (χ3n) is 5.34. The standard InChI is InChI=1S/C24H23N3O2S/c1-15-7-5-8-19(16(15)2)25-22-21(20-9-6-14-30-20)23(28)27(24(22)29)18-12-10-17(11-13-18)26(3)4/h5-14,25H,1-4H3. The number of amides is 2. The molecular formula is C24H23N3O2S. The van der Waals surface area contributed by atoms with Crippen molar-refractivity contribution in [3.05, 3.63) is 81.7 Å². The third-order valence-corrected chi connectivity index (χ3v) is 6.23. The van der Waals surface area contributed by atoms with E-state index in [2.05, 4.69) is 5.32 Å². The Kier molecular flexibility index (Phi) is 5.18. The maximum absolute atomic E-state index is 13.4. The van der Waals surface area contributed by atoms with Gasteiger partial charge in [-0.2, -0.15) is 0 Å². The Hall–Kier alpha value is -3.38. The van der Waals surface area contributed by atoms with E-state index in [1.165, 1.54) is 16.2 Å². The highest BCUT2D eigenvalue weighted by molar-refractivity contribution is 7.11. The lowest BCUT2D eigenvalue weighted by molar-refractivity contribution is -0.120. The summed E-state index contributed by atoms with van der Waals surface area (Å²) in [5, 5.41) is 5.17. The summed E-state index contributed by atoms with van der Waals surface area (Å²) in [6.45, 7) is 4.03. The lowest BCUT2D eigenvalue weighted by Gasteiger charge is -2.18. The lowest BCUT2D eigenvalue weighted by atomic mass is 10.1. The molecule has 30 heavy (non-hydrogen) atoms. The molecule has 1 aromatic heterocycles. The molecule has 0 unspecified atom stereocenters. The van der Waals surface area contributed by atoms with E-state index in [1.54, 1.807) is 12.1 Å². The SMILES string of the molecule is Cc1cccc(NC2=C(c3cccs3)C(=O)N(c3ccc(N(C)C)cc3)C2=O)c1C. The normalized spacial score (nSPS) is 13.9. The van der Waals surface area contributed by atoms with E-state index in [9.17, 15) is 9.59 Å². The Morgan fingerprint density at radius 2 is 1.63 bits per heavy atom. The van der Waals surface area contributed by atoms with Crippen LogP contribution in [0.25, 0.3) is 5.57 Å². The third kappa shape index (κ3) is 3.39. The van der Waals surface area contributed by atoms with Gasteiger partial charge < -0.3 is 10.2 Å². The molecule has 0 saturated heterocycles. The number of hydrogen-bond acceptors (Lipinski definition) is 5. The quantitative estimate of drug-likeness (QED) is 0.605. The van der Waals surface area contributed by atoms with E-state index in [1.807, 2.05) is 80.7 Å². The first-order valence-electron chi connectivity index (χ1n) is 9.66. The van der Waals surface area contributed by atoms with E-state index >= 15 is 0 Å². The Balaban J connectivity index is 1.78. The average molecular weight is 418 g/mol.